The average molecular weight is 223 g/mol. The molecule has 5 heteroatoms. The maximum absolute atomic E-state index is 10.8. The maximum Gasteiger partial charge on any atom is 0.306 e. The van der Waals surface area contributed by atoms with Crippen molar-refractivity contribution in [3.63, 3.8) is 0 Å². The van der Waals surface area contributed by atoms with E-state index in [1.54, 1.807) is 13.1 Å². The minimum atomic E-state index is -0.751. The van der Waals surface area contributed by atoms with Gasteiger partial charge < -0.3 is 10.0 Å². The van der Waals surface area contributed by atoms with Crippen molar-refractivity contribution in [1.29, 1.82) is 0 Å². The Balaban J connectivity index is 2.05. The number of aromatic nitrogens is 2. The summed E-state index contributed by atoms with van der Waals surface area (Å²) in [6.45, 7) is 3.72. The Morgan fingerprint density at radius 1 is 1.69 bits per heavy atom. The first-order chi connectivity index (χ1) is 7.58. The average Bonchev–Trinajstić information content (AvgIpc) is 2.60. The van der Waals surface area contributed by atoms with Crippen LogP contribution < -0.4 is 0 Å². The molecular weight excluding hydrogens is 206 g/mol. The second-order valence-electron chi connectivity index (χ2n) is 4.59. The van der Waals surface area contributed by atoms with Gasteiger partial charge >= 0.3 is 5.97 Å². The van der Waals surface area contributed by atoms with Crippen molar-refractivity contribution in [2.75, 3.05) is 20.1 Å². The lowest BCUT2D eigenvalue weighted by atomic mass is 10.0. The van der Waals surface area contributed by atoms with Gasteiger partial charge in [0, 0.05) is 31.4 Å². The lowest BCUT2D eigenvalue weighted by Crippen LogP contribution is -2.45. The molecule has 0 spiro atoms. The van der Waals surface area contributed by atoms with E-state index in [2.05, 4.69) is 17.0 Å². The van der Waals surface area contributed by atoms with E-state index >= 15 is 0 Å². The summed E-state index contributed by atoms with van der Waals surface area (Å²) in [5, 5.41) is 13.2. The third-order valence-electron chi connectivity index (χ3n) is 3.08. The van der Waals surface area contributed by atoms with Gasteiger partial charge in [-0.1, -0.05) is 6.92 Å². The molecule has 1 atom stereocenters. The highest BCUT2D eigenvalue weighted by atomic mass is 16.4. The Morgan fingerprint density at radius 3 is 2.94 bits per heavy atom. The van der Waals surface area contributed by atoms with Crippen LogP contribution in [0.15, 0.2) is 12.3 Å². The third kappa shape index (κ3) is 2.09. The number of likely N-dealkylation sites (tertiary alicyclic amines) is 1. The molecule has 1 fully saturated rings. The van der Waals surface area contributed by atoms with Crippen LogP contribution in [-0.4, -0.2) is 45.9 Å². The number of hydrogen-bond acceptors (Lipinski definition) is 3. The summed E-state index contributed by atoms with van der Waals surface area (Å²) < 4.78 is 1.97. The predicted molar refractivity (Wildman–Crippen MR) is 59.3 cm³/mol. The van der Waals surface area contributed by atoms with Crippen LogP contribution >= 0.6 is 0 Å². The minimum absolute atomic E-state index is 0.353. The third-order valence-corrected chi connectivity index (χ3v) is 3.08. The van der Waals surface area contributed by atoms with E-state index < -0.39 is 5.97 Å². The van der Waals surface area contributed by atoms with Gasteiger partial charge in [0.2, 0.25) is 0 Å². The molecule has 5 nitrogen and oxygen atoms in total. The largest absolute Gasteiger partial charge is 0.481 e. The molecule has 1 aromatic rings. The number of carboxylic acids is 1. The number of nitrogens with zero attached hydrogens (tertiary/aromatic N) is 3. The monoisotopic (exact) mass is 223 g/mol. The van der Waals surface area contributed by atoms with Crippen molar-refractivity contribution in [1.82, 2.24) is 14.7 Å². The number of rotatable bonds is 4. The topological polar surface area (TPSA) is 58.4 Å². The fourth-order valence-corrected chi connectivity index (χ4v) is 2.05. The predicted octanol–water partition coefficient (Wildman–Crippen LogP) is 0.633. The summed E-state index contributed by atoms with van der Waals surface area (Å²) in [7, 11) is 2.07. The molecule has 1 aliphatic rings. The van der Waals surface area contributed by atoms with E-state index in [0.717, 1.165) is 18.8 Å². The van der Waals surface area contributed by atoms with E-state index in [0.29, 0.717) is 12.5 Å². The zero-order valence-corrected chi connectivity index (χ0v) is 9.63. The second kappa shape index (κ2) is 4.25. The van der Waals surface area contributed by atoms with Gasteiger partial charge in [0.25, 0.3) is 0 Å². The summed E-state index contributed by atoms with van der Waals surface area (Å²) in [4.78, 5) is 13.0. The van der Waals surface area contributed by atoms with Crippen LogP contribution in [0.2, 0.25) is 0 Å². The summed E-state index contributed by atoms with van der Waals surface area (Å²) in [5.41, 5.74) is 1.02. The lowest BCUT2D eigenvalue weighted by Gasteiger charge is -2.37. The molecule has 0 aliphatic carbocycles. The zero-order valence-electron chi connectivity index (χ0n) is 9.63. The Morgan fingerprint density at radius 2 is 2.38 bits per heavy atom. The van der Waals surface area contributed by atoms with Gasteiger partial charge in [0.05, 0.1) is 12.0 Å². The molecule has 16 heavy (non-hydrogen) atoms. The van der Waals surface area contributed by atoms with Crippen LogP contribution in [0.4, 0.5) is 0 Å². The Hall–Kier alpha value is -1.36. The van der Waals surface area contributed by atoms with Crippen LogP contribution in [0.5, 0.6) is 0 Å². The molecule has 0 saturated carbocycles. The van der Waals surface area contributed by atoms with Crippen molar-refractivity contribution in [2.45, 2.75) is 19.4 Å². The van der Waals surface area contributed by atoms with Gasteiger partial charge in [-0.3, -0.25) is 9.48 Å². The van der Waals surface area contributed by atoms with Crippen LogP contribution in [-0.2, 0) is 11.2 Å². The highest BCUT2D eigenvalue weighted by Gasteiger charge is 2.27. The quantitative estimate of drug-likeness (QED) is 0.813. The second-order valence-corrected chi connectivity index (χ2v) is 4.59. The standard InChI is InChI=1S/C11H17N3O2/c1-8(11(15)16)5-9-3-4-12-14(9)10-6-13(2)7-10/h3-4,8,10H,5-7H2,1-2H3,(H,15,16). The molecule has 1 saturated heterocycles. The number of hydrogen-bond donors (Lipinski definition) is 1. The van der Waals surface area contributed by atoms with Gasteiger partial charge in [0.15, 0.2) is 0 Å². The molecule has 0 amide bonds. The lowest BCUT2D eigenvalue weighted by molar-refractivity contribution is -0.141. The van der Waals surface area contributed by atoms with E-state index in [1.165, 1.54) is 0 Å². The van der Waals surface area contributed by atoms with Gasteiger partial charge in [0.1, 0.15) is 0 Å². The van der Waals surface area contributed by atoms with Gasteiger partial charge in [-0.05, 0) is 13.1 Å². The van der Waals surface area contributed by atoms with Gasteiger partial charge in [-0.25, -0.2) is 0 Å². The van der Waals surface area contributed by atoms with E-state index in [1.807, 2.05) is 10.7 Å². The summed E-state index contributed by atoms with van der Waals surface area (Å²) in [6, 6.07) is 2.33. The van der Waals surface area contributed by atoms with Crippen molar-refractivity contribution >= 4 is 5.97 Å². The summed E-state index contributed by atoms with van der Waals surface area (Å²) in [5.74, 6) is -1.10. The van der Waals surface area contributed by atoms with Gasteiger partial charge in [-0.15, -0.1) is 0 Å². The molecule has 1 aliphatic heterocycles. The smallest absolute Gasteiger partial charge is 0.306 e. The number of carboxylic acid groups (broad SMARTS) is 1. The van der Waals surface area contributed by atoms with Crippen molar-refractivity contribution in [3.8, 4) is 0 Å². The van der Waals surface area contributed by atoms with Crippen LogP contribution in [0.1, 0.15) is 18.7 Å². The molecule has 1 unspecified atom stereocenters. The molecule has 1 aromatic heterocycles. The maximum atomic E-state index is 10.8. The molecule has 0 bridgehead atoms. The van der Waals surface area contributed by atoms with Crippen LogP contribution in [0.25, 0.3) is 0 Å². The van der Waals surface area contributed by atoms with E-state index in [-0.39, 0.29) is 5.92 Å². The van der Waals surface area contributed by atoms with Crippen molar-refractivity contribution in [3.05, 3.63) is 18.0 Å². The SMILES string of the molecule is CC(Cc1ccnn1C1CN(C)C1)C(=O)O. The molecule has 88 valence electrons. The Bertz CT molecular complexity index is 382. The fourth-order valence-electron chi connectivity index (χ4n) is 2.05. The fraction of sp³-hybridized carbons (Fsp3) is 0.636. The molecule has 2 rings (SSSR count). The number of likely N-dealkylation sites (N-methyl/N-ethyl adjacent to an activating group) is 1. The van der Waals surface area contributed by atoms with Gasteiger partial charge in [-0.2, -0.15) is 5.10 Å². The highest BCUT2D eigenvalue weighted by molar-refractivity contribution is 5.69. The minimum Gasteiger partial charge on any atom is -0.481 e. The molecular formula is C11H17N3O2. The van der Waals surface area contributed by atoms with E-state index in [4.69, 9.17) is 5.11 Å². The first-order valence-corrected chi connectivity index (χ1v) is 5.51. The first-order valence-electron chi connectivity index (χ1n) is 5.51. The van der Waals surface area contributed by atoms with E-state index in [9.17, 15) is 4.79 Å². The number of carbonyl (C=O) groups is 1. The Kier molecular flexibility index (Phi) is 2.96. The van der Waals surface area contributed by atoms with Crippen LogP contribution in [0, 0.1) is 5.92 Å². The Labute approximate surface area is 94.7 Å². The first kappa shape index (κ1) is 11.1. The highest BCUT2D eigenvalue weighted by Crippen LogP contribution is 2.21. The van der Waals surface area contributed by atoms with Crippen molar-refractivity contribution < 1.29 is 9.90 Å². The normalized spacial score (nSPS) is 19.4. The summed E-state index contributed by atoms with van der Waals surface area (Å²) >= 11 is 0. The molecule has 0 radical (unpaired) electrons. The zero-order chi connectivity index (χ0) is 11.7. The molecule has 1 N–H and O–H groups in total. The molecule has 2 heterocycles. The summed E-state index contributed by atoms with van der Waals surface area (Å²) in [6.07, 6.45) is 2.30. The van der Waals surface area contributed by atoms with Crippen LogP contribution in [0.3, 0.4) is 0 Å². The van der Waals surface area contributed by atoms with Crippen molar-refractivity contribution in [2.24, 2.45) is 5.92 Å². The number of aliphatic carboxylic acids is 1. The molecule has 0 aromatic carbocycles.